The molecule has 0 spiro atoms. The van der Waals surface area contributed by atoms with Crippen LogP contribution >= 0.6 is 0 Å². The molecule has 0 saturated heterocycles. The van der Waals surface area contributed by atoms with Crippen molar-refractivity contribution in [2.24, 2.45) is 0 Å². The van der Waals surface area contributed by atoms with E-state index in [0.29, 0.717) is 13.1 Å². The second-order valence-electron chi connectivity index (χ2n) is 2.11. The minimum absolute atomic E-state index is 0. The van der Waals surface area contributed by atoms with Gasteiger partial charge >= 0.3 is 0 Å². The number of carbonyl (C=O) groups is 1. The van der Waals surface area contributed by atoms with Crippen molar-refractivity contribution in [2.75, 3.05) is 27.2 Å². The van der Waals surface area contributed by atoms with Crippen LogP contribution in [0.2, 0.25) is 0 Å². The zero-order valence-electron chi connectivity index (χ0n) is 8.59. The number of rotatable bonds is 3. The molecule has 12 heavy (non-hydrogen) atoms. The largest absolute Gasteiger partial charge is 0.652 e. The van der Waals surface area contributed by atoms with Gasteiger partial charge < -0.3 is 15.0 Å². The van der Waals surface area contributed by atoms with Crippen LogP contribution in [-0.2, 0) is 25.2 Å². The monoisotopic (exact) mass is 346 g/mol. The van der Waals surface area contributed by atoms with Gasteiger partial charge in [0.05, 0.1) is 5.91 Å². The summed E-state index contributed by atoms with van der Waals surface area (Å²) < 4.78 is 0. The molecule has 1 amide bonds. The van der Waals surface area contributed by atoms with Crippen LogP contribution in [0.15, 0.2) is 0 Å². The van der Waals surface area contributed by atoms with E-state index >= 15 is 0 Å². The number of carbonyl (C=O) groups excluding carboxylic acids is 1. The van der Waals surface area contributed by atoms with Gasteiger partial charge in [0.2, 0.25) is 0 Å². The van der Waals surface area contributed by atoms with Crippen LogP contribution in [0.5, 0.6) is 0 Å². The van der Waals surface area contributed by atoms with Gasteiger partial charge in [-0.15, -0.1) is 6.54 Å². The van der Waals surface area contributed by atoms with Gasteiger partial charge in [-0.05, 0) is 14.1 Å². The standard InChI is InChI=1S/C6H14N2O.C2H6.Re/c1-4-7-6(9)5-8(2)3;1-2;/h4-5H2,1-3H3,(H,7,9);1-2H3;/p-1. The first-order chi connectivity index (χ1) is 5.16. The molecule has 0 aromatic carbocycles. The van der Waals surface area contributed by atoms with E-state index in [9.17, 15) is 4.79 Å². The zero-order valence-corrected chi connectivity index (χ0v) is 11.3. The zero-order chi connectivity index (χ0) is 9.28. The maximum atomic E-state index is 10.6. The Morgan fingerprint density at radius 3 is 2.00 bits per heavy atom. The maximum absolute atomic E-state index is 10.6. The van der Waals surface area contributed by atoms with E-state index in [-0.39, 0.29) is 26.3 Å². The molecule has 0 rings (SSSR count). The Labute approximate surface area is 89.6 Å². The van der Waals surface area contributed by atoms with Crippen LogP contribution < -0.4 is 0 Å². The first-order valence-electron chi connectivity index (χ1n) is 4.02. The molecular weight excluding hydrogens is 326 g/mol. The summed E-state index contributed by atoms with van der Waals surface area (Å²) in [5, 5.41) is 3.68. The Morgan fingerprint density at radius 2 is 1.75 bits per heavy atom. The number of amides is 1. The number of nitrogens with zero attached hydrogens (tertiary/aromatic N) is 2. The normalized spacial score (nSPS) is 7.83. The quantitative estimate of drug-likeness (QED) is 0.777. The molecule has 0 heterocycles. The molecule has 4 heteroatoms. The first-order valence-corrected chi connectivity index (χ1v) is 4.02. The molecule has 0 aliphatic rings. The van der Waals surface area contributed by atoms with Gasteiger partial charge in [-0.25, -0.2) is 0 Å². The summed E-state index contributed by atoms with van der Waals surface area (Å²) in [6.07, 6.45) is 0. The van der Waals surface area contributed by atoms with Gasteiger partial charge in [-0.1, -0.05) is 20.8 Å². The second kappa shape index (κ2) is 13.7. The third-order valence-corrected chi connectivity index (χ3v) is 0.786. The van der Waals surface area contributed by atoms with Gasteiger partial charge in [0.1, 0.15) is 0 Å². The number of hydrogen-bond acceptors (Lipinski definition) is 2. The summed E-state index contributed by atoms with van der Waals surface area (Å²) in [6, 6.07) is 0. The molecule has 0 N–H and O–H groups in total. The van der Waals surface area contributed by atoms with E-state index in [1.165, 1.54) is 0 Å². The molecule has 0 saturated carbocycles. The summed E-state index contributed by atoms with van der Waals surface area (Å²) in [6.45, 7) is 6.87. The van der Waals surface area contributed by atoms with Crippen LogP contribution in [0, 0.1) is 0 Å². The maximum Gasteiger partial charge on any atom is 0.0654 e. The Kier molecular flexibility index (Phi) is 20.5. The van der Waals surface area contributed by atoms with Crippen LogP contribution in [0.3, 0.4) is 0 Å². The van der Waals surface area contributed by atoms with Crippen molar-refractivity contribution in [1.29, 1.82) is 0 Å². The van der Waals surface area contributed by atoms with Crippen molar-refractivity contribution in [3.05, 3.63) is 5.32 Å². The molecule has 0 bridgehead atoms. The fraction of sp³-hybridized carbons (Fsp3) is 0.875. The molecule has 0 aliphatic heterocycles. The van der Waals surface area contributed by atoms with Gasteiger partial charge in [0, 0.05) is 27.0 Å². The van der Waals surface area contributed by atoms with Crippen LogP contribution in [0.25, 0.3) is 5.32 Å². The minimum Gasteiger partial charge on any atom is -0.652 e. The third-order valence-electron chi connectivity index (χ3n) is 0.786. The third kappa shape index (κ3) is 16.6. The van der Waals surface area contributed by atoms with Crippen molar-refractivity contribution in [1.82, 2.24) is 4.90 Å². The average molecular weight is 345 g/mol. The first kappa shape index (κ1) is 18.0. The van der Waals surface area contributed by atoms with Crippen molar-refractivity contribution in [3.8, 4) is 0 Å². The van der Waals surface area contributed by atoms with Crippen molar-refractivity contribution < 1.29 is 25.2 Å². The van der Waals surface area contributed by atoms with Crippen LogP contribution in [0.4, 0.5) is 0 Å². The van der Waals surface area contributed by atoms with Gasteiger partial charge in [-0.3, -0.25) is 0 Å². The summed E-state index contributed by atoms with van der Waals surface area (Å²) in [7, 11) is 3.70. The smallest absolute Gasteiger partial charge is 0.0654 e. The van der Waals surface area contributed by atoms with Crippen LogP contribution in [-0.4, -0.2) is 38.0 Å². The van der Waals surface area contributed by atoms with Gasteiger partial charge in [0.25, 0.3) is 0 Å². The predicted molar refractivity (Wildman–Crippen MR) is 48.8 cm³/mol. The summed E-state index contributed by atoms with van der Waals surface area (Å²) >= 11 is 0. The molecular formula is C8H19N2ORe-. The number of likely N-dealkylation sites (N-methyl/N-ethyl adjacent to an activating group) is 2. The average Bonchev–Trinajstić information content (AvgIpc) is 1.91. The molecule has 0 aliphatic carbocycles. The van der Waals surface area contributed by atoms with E-state index in [2.05, 4.69) is 5.32 Å². The SMILES string of the molecule is CC.CC[N-]C(=O)CN(C)C.[Re]. The molecule has 0 aromatic heterocycles. The van der Waals surface area contributed by atoms with Gasteiger partial charge in [0.15, 0.2) is 0 Å². The van der Waals surface area contributed by atoms with Crippen molar-refractivity contribution in [2.45, 2.75) is 20.8 Å². The molecule has 0 atom stereocenters. The van der Waals surface area contributed by atoms with Crippen molar-refractivity contribution >= 4 is 5.91 Å². The molecule has 1 radical (unpaired) electrons. The second-order valence-corrected chi connectivity index (χ2v) is 2.11. The van der Waals surface area contributed by atoms with Gasteiger partial charge in [-0.2, -0.15) is 0 Å². The Morgan fingerprint density at radius 1 is 1.33 bits per heavy atom. The van der Waals surface area contributed by atoms with E-state index < -0.39 is 0 Å². The molecule has 75 valence electrons. The summed E-state index contributed by atoms with van der Waals surface area (Å²) in [5.41, 5.74) is 0. The number of hydrogen-bond donors (Lipinski definition) is 0. The topological polar surface area (TPSA) is 34.4 Å². The van der Waals surface area contributed by atoms with E-state index in [1.807, 2.05) is 39.8 Å². The predicted octanol–water partition coefficient (Wildman–Crippen LogP) is 1.49. The van der Waals surface area contributed by atoms with E-state index in [4.69, 9.17) is 0 Å². The Bertz CT molecular complexity index is 97.1. The fourth-order valence-electron chi connectivity index (χ4n) is 0.497. The summed E-state index contributed by atoms with van der Waals surface area (Å²) in [5.74, 6) is -0.0394. The summed E-state index contributed by atoms with van der Waals surface area (Å²) in [4.78, 5) is 12.5. The minimum atomic E-state index is -0.0394. The molecule has 0 fully saturated rings. The van der Waals surface area contributed by atoms with Crippen molar-refractivity contribution in [3.63, 3.8) is 0 Å². The Balaban J connectivity index is -0.000000249. The molecule has 0 unspecified atom stereocenters. The molecule has 0 aromatic rings. The Hall–Kier alpha value is 0.0923. The van der Waals surface area contributed by atoms with E-state index in [1.54, 1.807) is 0 Å². The van der Waals surface area contributed by atoms with Crippen LogP contribution in [0.1, 0.15) is 20.8 Å². The fourth-order valence-corrected chi connectivity index (χ4v) is 0.497. The molecule has 3 nitrogen and oxygen atoms in total. The van der Waals surface area contributed by atoms with E-state index in [0.717, 1.165) is 0 Å².